The van der Waals surface area contributed by atoms with Crippen LogP contribution in [0.3, 0.4) is 0 Å². The van der Waals surface area contributed by atoms with Crippen molar-refractivity contribution in [1.29, 1.82) is 0 Å². The minimum Gasteiger partial charge on any atom is -0.366 e. The number of halogens is 1. The fourth-order valence-corrected chi connectivity index (χ4v) is 1.56. The third-order valence-corrected chi connectivity index (χ3v) is 2.51. The van der Waals surface area contributed by atoms with Crippen LogP contribution in [0.1, 0.15) is 11.4 Å². The number of nitrogen functional groups attached to an aromatic ring is 1. The van der Waals surface area contributed by atoms with E-state index < -0.39 is 0 Å². The summed E-state index contributed by atoms with van der Waals surface area (Å²) >= 11 is 3.26. The third kappa shape index (κ3) is 2.12. The van der Waals surface area contributed by atoms with Gasteiger partial charge in [0.25, 0.3) is 0 Å². The third-order valence-electron chi connectivity index (χ3n) is 1.93. The smallest absolute Gasteiger partial charge is 0.240 e. The van der Waals surface area contributed by atoms with E-state index in [2.05, 4.69) is 36.0 Å². The molecular formula is C8H9BrN6. The molecule has 0 fully saturated rings. The Morgan fingerprint density at radius 2 is 2.13 bits per heavy atom. The summed E-state index contributed by atoms with van der Waals surface area (Å²) in [5, 5.41) is 4.02. The highest BCUT2D eigenvalue weighted by atomic mass is 79.9. The van der Waals surface area contributed by atoms with Crippen LogP contribution in [-0.4, -0.2) is 24.7 Å². The Labute approximate surface area is 94.7 Å². The fraction of sp³-hybridized carbons (Fsp3) is 0.250. The maximum Gasteiger partial charge on any atom is 0.240 e. The first-order chi connectivity index (χ1) is 7.16. The molecule has 2 aromatic rings. The fourth-order valence-electron chi connectivity index (χ4n) is 1.17. The summed E-state index contributed by atoms with van der Waals surface area (Å²) < 4.78 is 2.22. The molecule has 0 saturated carbocycles. The van der Waals surface area contributed by atoms with Gasteiger partial charge in [0.2, 0.25) is 5.95 Å². The lowest BCUT2D eigenvalue weighted by Crippen LogP contribution is -2.07. The van der Waals surface area contributed by atoms with Gasteiger partial charge in [-0.25, -0.2) is 4.68 Å². The van der Waals surface area contributed by atoms with Gasteiger partial charge in [0.1, 0.15) is 0 Å². The molecule has 15 heavy (non-hydrogen) atoms. The zero-order valence-electron chi connectivity index (χ0n) is 8.05. The van der Waals surface area contributed by atoms with E-state index >= 15 is 0 Å². The largest absolute Gasteiger partial charge is 0.366 e. The molecule has 0 amide bonds. The van der Waals surface area contributed by atoms with Gasteiger partial charge in [-0.15, -0.1) is 5.10 Å². The summed E-state index contributed by atoms with van der Waals surface area (Å²) in [6.07, 6.45) is 3.31. The molecule has 0 aliphatic carbocycles. The Hall–Kier alpha value is -1.50. The SMILES string of the molecule is Cc1nccnc1Cn1nc(N)nc1Br. The summed E-state index contributed by atoms with van der Waals surface area (Å²) in [5.74, 6) is 0.239. The second-order valence-corrected chi connectivity index (χ2v) is 3.69. The molecule has 78 valence electrons. The Kier molecular flexibility index (Phi) is 2.63. The number of aromatic nitrogens is 5. The van der Waals surface area contributed by atoms with Crippen LogP contribution < -0.4 is 5.73 Å². The van der Waals surface area contributed by atoms with Gasteiger partial charge in [-0.05, 0) is 22.9 Å². The second kappa shape index (κ2) is 3.93. The van der Waals surface area contributed by atoms with Crippen LogP contribution in [0.25, 0.3) is 0 Å². The second-order valence-electron chi connectivity index (χ2n) is 2.99. The molecule has 2 rings (SSSR count). The zero-order chi connectivity index (χ0) is 10.8. The molecule has 2 aromatic heterocycles. The number of hydrogen-bond donors (Lipinski definition) is 1. The predicted molar refractivity (Wildman–Crippen MR) is 58.0 cm³/mol. The average Bonchev–Trinajstić information content (AvgIpc) is 2.49. The van der Waals surface area contributed by atoms with Crippen LogP contribution >= 0.6 is 15.9 Å². The van der Waals surface area contributed by atoms with E-state index in [0.29, 0.717) is 11.3 Å². The molecule has 0 aliphatic rings. The molecule has 0 radical (unpaired) electrons. The van der Waals surface area contributed by atoms with Crippen LogP contribution in [0, 0.1) is 6.92 Å². The van der Waals surface area contributed by atoms with Gasteiger partial charge in [0, 0.05) is 12.4 Å². The Balaban J connectivity index is 2.29. The van der Waals surface area contributed by atoms with Gasteiger partial charge >= 0.3 is 0 Å². The highest BCUT2D eigenvalue weighted by Gasteiger charge is 2.07. The van der Waals surface area contributed by atoms with Gasteiger partial charge < -0.3 is 5.73 Å². The lowest BCUT2D eigenvalue weighted by atomic mass is 10.3. The van der Waals surface area contributed by atoms with Gasteiger partial charge in [-0.2, -0.15) is 4.98 Å². The number of rotatable bonds is 2. The van der Waals surface area contributed by atoms with Crippen molar-refractivity contribution in [2.24, 2.45) is 0 Å². The molecule has 0 aliphatic heterocycles. The maximum atomic E-state index is 5.46. The first-order valence-electron chi connectivity index (χ1n) is 4.29. The first-order valence-corrected chi connectivity index (χ1v) is 5.08. The molecule has 2 N–H and O–H groups in total. The Morgan fingerprint density at radius 3 is 2.73 bits per heavy atom. The van der Waals surface area contributed by atoms with Crippen molar-refractivity contribution in [1.82, 2.24) is 24.7 Å². The molecule has 0 aromatic carbocycles. The Morgan fingerprint density at radius 1 is 1.40 bits per heavy atom. The Bertz CT molecular complexity index is 480. The topological polar surface area (TPSA) is 82.5 Å². The molecule has 0 atom stereocenters. The van der Waals surface area contributed by atoms with Crippen LogP contribution in [0.5, 0.6) is 0 Å². The summed E-state index contributed by atoms with van der Waals surface area (Å²) in [6, 6.07) is 0. The molecule has 0 spiro atoms. The van der Waals surface area contributed by atoms with E-state index in [1.54, 1.807) is 17.1 Å². The molecular weight excluding hydrogens is 260 g/mol. The minimum atomic E-state index is 0.239. The van der Waals surface area contributed by atoms with E-state index in [4.69, 9.17) is 5.73 Å². The van der Waals surface area contributed by atoms with Gasteiger partial charge in [-0.3, -0.25) is 9.97 Å². The normalized spacial score (nSPS) is 10.5. The van der Waals surface area contributed by atoms with Gasteiger partial charge in [0.05, 0.1) is 17.9 Å². The van der Waals surface area contributed by atoms with E-state index in [9.17, 15) is 0 Å². The summed E-state index contributed by atoms with van der Waals surface area (Å²) in [6.45, 7) is 2.40. The number of hydrogen-bond acceptors (Lipinski definition) is 5. The number of aryl methyl sites for hydroxylation is 1. The van der Waals surface area contributed by atoms with Crippen molar-refractivity contribution in [2.75, 3.05) is 5.73 Å². The number of nitrogens with two attached hydrogens (primary N) is 1. The predicted octanol–water partition coefficient (Wildman–Crippen LogP) is 0.770. The van der Waals surface area contributed by atoms with Crippen molar-refractivity contribution in [3.8, 4) is 0 Å². The monoisotopic (exact) mass is 268 g/mol. The number of nitrogens with zero attached hydrogens (tertiary/aromatic N) is 5. The van der Waals surface area contributed by atoms with Crippen LogP contribution in [0.4, 0.5) is 5.95 Å². The van der Waals surface area contributed by atoms with Crippen LogP contribution in [0.2, 0.25) is 0 Å². The summed E-state index contributed by atoms with van der Waals surface area (Å²) in [5.41, 5.74) is 7.19. The van der Waals surface area contributed by atoms with Crippen molar-refractivity contribution < 1.29 is 0 Å². The minimum absolute atomic E-state index is 0.239. The number of anilines is 1. The van der Waals surface area contributed by atoms with Gasteiger partial charge in [-0.1, -0.05) is 0 Å². The van der Waals surface area contributed by atoms with Crippen molar-refractivity contribution in [3.63, 3.8) is 0 Å². The van der Waals surface area contributed by atoms with E-state index in [0.717, 1.165) is 11.4 Å². The molecule has 6 nitrogen and oxygen atoms in total. The summed E-state index contributed by atoms with van der Waals surface area (Å²) in [7, 11) is 0. The lowest BCUT2D eigenvalue weighted by Gasteiger charge is -2.03. The zero-order valence-corrected chi connectivity index (χ0v) is 9.64. The highest BCUT2D eigenvalue weighted by molar-refractivity contribution is 9.10. The standard InChI is InChI=1S/C8H9BrN6/c1-5-6(12-3-2-11-5)4-15-7(9)13-8(10)14-15/h2-3H,4H2,1H3,(H2,10,14). The summed E-state index contributed by atoms with van der Waals surface area (Å²) in [4.78, 5) is 12.3. The van der Waals surface area contributed by atoms with Crippen LogP contribution in [-0.2, 0) is 6.54 Å². The van der Waals surface area contributed by atoms with Gasteiger partial charge in [0.15, 0.2) is 4.73 Å². The van der Waals surface area contributed by atoms with E-state index in [1.807, 2.05) is 6.92 Å². The molecule has 0 unspecified atom stereocenters. The lowest BCUT2D eigenvalue weighted by molar-refractivity contribution is 0.650. The molecule has 7 heteroatoms. The quantitative estimate of drug-likeness (QED) is 0.870. The molecule has 2 heterocycles. The molecule has 0 saturated heterocycles. The van der Waals surface area contributed by atoms with Crippen LogP contribution in [0.15, 0.2) is 17.1 Å². The van der Waals surface area contributed by atoms with Crippen molar-refractivity contribution in [2.45, 2.75) is 13.5 Å². The first kappa shape index (κ1) is 10.0. The molecule has 0 bridgehead atoms. The van der Waals surface area contributed by atoms with Crippen molar-refractivity contribution >= 4 is 21.9 Å². The van der Waals surface area contributed by atoms with E-state index in [1.165, 1.54) is 0 Å². The average molecular weight is 269 g/mol. The maximum absolute atomic E-state index is 5.46. The highest BCUT2D eigenvalue weighted by Crippen LogP contribution is 2.10. The van der Waals surface area contributed by atoms with Crippen molar-refractivity contribution in [3.05, 3.63) is 28.5 Å². The van der Waals surface area contributed by atoms with E-state index in [-0.39, 0.29) is 5.95 Å².